The molecule has 1 rings (SSSR count). The number of alkyl carbamates (subject to hydrolysis) is 1. The first-order valence-electron chi connectivity index (χ1n) is 7.65. The van der Waals surface area contributed by atoms with Gasteiger partial charge in [0, 0.05) is 31.3 Å². The van der Waals surface area contributed by atoms with Crippen LogP contribution in [0, 0.1) is 0 Å². The Morgan fingerprint density at radius 1 is 1.25 bits per heavy atom. The second-order valence-electron chi connectivity index (χ2n) is 6.61. The molecule has 0 spiro atoms. The summed E-state index contributed by atoms with van der Waals surface area (Å²) >= 11 is 1.45. The predicted molar refractivity (Wildman–Crippen MR) is 97.7 cm³/mol. The molecule has 1 atom stereocenters. The van der Waals surface area contributed by atoms with Gasteiger partial charge in [0.05, 0.1) is 0 Å². The van der Waals surface area contributed by atoms with Crippen molar-refractivity contribution in [1.82, 2.24) is 5.32 Å². The maximum atomic E-state index is 11.7. The lowest BCUT2D eigenvalue weighted by atomic mass is 10.2. The largest absolute Gasteiger partial charge is 0.480 e. The molecule has 6 nitrogen and oxygen atoms in total. The minimum atomic E-state index is -1.07. The second kappa shape index (κ2) is 8.82. The Hall–Kier alpha value is -1.89. The van der Waals surface area contributed by atoms with Crippen molar-refractivity contribution in [3.8, 4) is 0 Å². The summed E-state index contributed by atoms with van der Waals surface area (Å²) in [6.45, 7) is 5.19. The fraction of sp³-hybridized carbons (Fsp3) is 0.529. The average molecular weight is 354 g/mol. The second-order valence-corrected chi connectivity index (χ2v) is 7.64. The lowest BCUT2D eigenvalue weighted by molar-refractivity contribution is -0.138. The quantitative estimate of drug-likeness (QED) is 0.784. The minimum Gasteiger partial charge on any atom is -0.480 e. The third kappa shape index (κ3) is 7.59. The van der Waals surface area contributed by atoms with Crippen LogP contribution in [0.5, 0.6) is 0 Å². The first kappa shape index (κ1) is 20.2. The molecule has 0 fully saturated rings. The molecular weight excluding hydrogens is 328 g/mol. The zero-order valence-corrected chi connectivity index (χ0v) is 15.6. The van der Waals surface area contributed by atoms with E-state index < -0.39 is 23.7 Å². The van der Waals surface area contributed by atoms with Crippen LogP contribution in [0.1, 0.15) is 26.3 Å². The predicted octanol–water partition coefficient (Wildman–Crippen LogP) is 2.96. The van der Waals surface area contributed by atoms with Crippen molar-refractivity contribution in [3.05, 3.63) is 29.8 Å². The first-order valence-corrected chi connectivity index (χ1v) is 8.80. The molecule has 0 bridgehead atoms. The number of ether oxygens (including phenoxy) is 1. The number of nitrogens with one attached hydrogen (secondary N) is 1. The number of nitrogens with zero attached hydrogens (tertiary/aromatic N) is 1. The number of benzene rings is 1. The Balaban J connectivity index is 2.49. The van der Waals surface area contributed by atoms with Crippen LogP contribution in [0.15, 0.2) is 24.3 Å². The van der Waals surface area contributed by atoms with Gasteiger partial charge in [-0.15, -0.1) is 0 Å². The maximum Gasteiger partial charge on any atom is 0.408 e. The van der Waals surface area contributed by atoms with Crippen molar-refractivity contribution < 1.29 is 19.4 Å². The Morgan fingerprint density at radius 3 is 2.29 bits per heavy atom. The van der Waals surface area contributed by atoms with Gasteiger partial charge in [0.1, 0.15) is 11.6 Å². The molecule has 0 radical (unpaired) electrons. The fourth-order valence-corrected chi connectivity index (χ4v) is 2.82. The van der Waals surface area contributed by atoms with Crippen LogP contribution in [0.2, 0.25) is 0 Å². The summed E-state index contributed by atoms with van der Waals surface area (Å²) in [4.78, 5) is 25.0. The molecule has 0 heterocycles. The Labute approximate surface area is 147 Å². The van der Waals surface area contributed by atoms with Crippen LogP contribution >= 0.6 is 11.8 Å². The molecule has 0 unspecified atom stereocenters. The molecule has 0 aromatic heterocycles. The highest BCUT2D eigenvalue weighted by Crippen LogP contribution is 2.17. The SMILES string of the molecule is CN(C)c1ccc(CSC[C@@H](NC(=O)OC(C)(C)C)C(=O)O)cc1. The van der Waals surface area contributed by atoms with Gasteiger partial charge in [-0.25, -0.2) is 9.59 Å². The summed E-state index contributed by atoms with van der Waals surface area (Å²) in [5.41, 5.74) is 1.56. The van der Waals surface area contributed by atoms with Crippen LogP contribution in [0.25, 0.3) is 0 Å². The van der Waals surface area contributed by atoms with Gasteiger partial charge < -0.3 is 20.1 Å². The molecule has 2 N–H and O–H groups in total. The molecule has 7 heteroatoms. The summed E-state index contributed by atoms with van der Waals surface area (Å²) in [7, 11) is 3.95. The van der Waals surface area contributed by atoms with Crippen molar-refractivity contribution in [2.45, 2.75) is 38.2 Å². The van der Waals surface area contributed by atoms with E-state index in [1.807, 2.05) is 43.3 Å². The maximum absolute atomic E-state index is 11.7. The van der Waals surface area contributed by atoms with E-state index in [1.54, 1.807) is 20.8 Å². The van der Waals surface area contributed by atoms with Crippen molar-refractivity contribution >= 4 is 29.5 Å². The zero-order chi connectivity index (χ0) is 18.3. The minimum absolute atomic E-state index is 0.268. The smallest absolute Gasteiger partial charge is 0.408 e. The van der Waals surface area contributed by atoms with Crippen LogP contribution in [-0.2, 0) is 15.3 Å². The number of carboxylic acid groups (broad SMARTS) is 1. The number of hydrogen-bond acceptors (Lipinski definition) is 5. The summed E-state index contributed by atoms with van der Waals surface area (Å²) in [5.74, 6) is -0.131. The number of amides is 1. The summed E-state index contributed by atoms with van der Waals surface area (Å²) in [5, 5.41) is 11.6. The number of hydrogen-bond donors (Lipinski definition) is 2. The number of carbonyl (C=O) groups excluding carboxylic acids is 1. The van der Waals surface area contributed by atoms with Crippen LogP contribution in [0.3, 0.4) is 0 Å². The van der Waals surface area contributed by atoms with E-state index in [0.29, 0.717) is 5.75 Å². The fourth-order valence-electron chi connectivity index (χ4n) is 1.81. The van der Waals surface area contributed by atoms with Gasteiger partial charge in [-0.1, -0.05) is 12.1 Å². The molecule has 0 aliphatic heterocycles. The molecule has 24 heavy (non-hydrogen) atoms. The monoisotopic (exact) mass is 354 g/mol. The lowest BCUT2D eigenvalue weighted by Crippen LogP contribution is -2.44. The zero-order valence-electron chi connectivity index (χ0n) is 14.8. The number of anilines is 1. The van der Waals surface area contributed by atoms with Gasteiger partial charge in [-0.2, -0.15) is 11.8 Å². The van der Waals surface area contributed by atoms with E-state index in [4.69, 9.17) is 4.74 Å². The van der Waals surface area contributed by atoms with E-state index in [0.717, 1.165) is 11.3 Å². The molecule has 1 amide bonds. The van der Waals surface area contributed by atoms with Gasteiger partial charge in [0.2, 0.25) is 0 Å². The highest BCUT2D eigenvalue weighted by atomic mass is 32.2. The van der Waals surface area contributed by atoms with E-state index >= 15 is 0 Å². The number of rotatable bonds is 7. The number of carboxylic acids is 1. The van der Waals surface area contributed by atoms with Crippen molar-refractivity contribution in [2.75, 3.05) is 24.7 Å². The average Bonchev–Trinajstić information content (AvgIpc) is 2.44. The molecule has 0 aliphatic carbocycles. The molecule has 0 saturated heterocycles. The van der Waals surface area contributed by atoms with E-state index in [2.05, 4.69) is 5.32 Å². The van der Waals surface area contributed by atoms with E-state index in [-0.39, 0.29) is 5.75 Å². The Morgan fingerprint density at radius 2 is 1.83 bits per heavy atom. The van der Waals surface area contributed by atoms with Gasteiger partial charge in [0.25, 0.3) is 0 Å². The summed E-state index contributed by atoms with van der Waals surface area (Å²) < 4.78 is 5.09. The van der Waals surface area contributed by atoms with Crippen molar-refractivity contribution in [1.29, 1.82) is 0 Å². The lowest BCUT2D eigenvalue weighted by Gasteiger charge is -2.21. The van der Waals surface area contributed by atoms with Gasteiger partial charge >= 0.3 is 12.1 Å². The molecule has 134 valence electrons. The van der Waals surface area contributed by atoms with Gasteiger partial charge in [-0.3, -0.25) is 0 Å². The van der Waals surface area contributed by atoms with Crippen molar-refractivity contribution in [3.63, 3.8) is 0 Å². The molecule has 1 aromatic carbocycles. The van der Waals surface area contributed by atoms with Crippen LogP contribution in [0.4, 0.5) is 10.5 Å². The summed E-state index contributed by atoms with van der Waals surface area (Å²) in [6.07, 6.45) is -0.717. The van der Waals surface area contributed by atoms with E-state index in [1.165, 1.54) is 11.8 Å². The number of thioether (sulfide) groups is 1. The third-order valence-electron chi connectivity index (χ3n) is 3.00. The highest BCUT2D eigenvalue weighted by Gasteiger charge is 2.23. The summed E-state index contributed by atoms with van der Waals surface area (Å²) in [6, 6.07) is 7.08. The van der Waals surface area contributed by atoms with Gasteiger partial charge in [-0.05, 0) is 38.5 Å². The van der Waals surface area contributed by atoms with Gasteiger partial charge in [0.15, 0.2) is 0 Å². The number of carbonyl (C=O) groups is 2. The molecule has 1 aromatic rings. The third-order valence-corrected chi connectivity index (χ3v) is 4.10. The standard InChI is InChI=1S/C17H26N2O4S/c1-17(2,3)23-16(22)18-14(15(20)21)11-24-10-12-6-8-13(9-7-12)19(4)5/h6-9,14H,10-11H2,1-5H3,(H,18,22)(H,20,21)/t14-/m1/s1. The van der Waals surface area contributed by atoms with Crippen LogP contribution < -0.4 is 10.2 Å². The van der Waals surface area contributed by atoms with E-state index in [9.17, 15) is 14.7 Å². The Bertz CT molecular complexity index is 553. The molecule has 0 saturated carbocycles. The first-order chi connectivity index (χ1) is 11.1. The molecular formula is C17H26N2O4S. The Kier molecular flexibility index (Phi) is 7.41. The topological polar surface area (TPSA) is 78.9 Å². The molecule has 0 aliphatic rings. The normalized spacial score (nSPS) is 12.4. The number of aliphatic carboxylic acids is 1. The van der Waals surface area contributed by atoms with Crippen LogP contribution in [-0.4, -0.2) is 48.7 Å². The highest BCUT2D eigenvalue weighted by molar-refractivity contribution is 7.98. The van der Waals surface area contributed by atoms with Crippen molar-refractivity contribution in [2.24, 2.45) is 0 Å².